The number of amides is 1. The number of nitrogens with one attached hydrogen (secondary N) is 1. The topological polar surface area (TPSA) is 103 Å². The lowest BCUT2D eigenvalue weighted by Crippen LogP contribution is -2.17. The third kappa shape index (κ3) is 3.97. The molecule has 0 unspecified atom stereocenters. The first kappa shape index (κ1) is 19.1. The van der Waals surface area contributed by atoms with Crippen LogP contribution in [0.25, 0.3) is 5.65 Å². The van der Waals surface area contributed by atoms with Crippen molar-refractivity contribution in [3.8, 4) is 0 Å². The van der Waals surface area contributed by atoms with Crippen LogP contribution in [-0.2, 0) is 11.3 Å². The molecule has 0 saturated heterocycles. The van der Waals surface area contributed by atoms with Crippen LogP contribution in [0.3, 0.4) is 0 Å². The third-order valence-corrected chi connectivity index (χ3v) is 4.41. The summed E-state index contributed by atoms with van der Waals surface area (Å²) in [4.78, 5) is 40.9. The van der Waals surface area contributed by atoms with Crippen molar-refractivity contribution in [3.63, 3.8) is 0 Å². The molecule has 0 atom stereocenters. The number of fused-ring (bicyclic) bond motifs is 1. The van der Waals surface area contributed by atoms with Crippen LogP contribution in [0.4, 0.5) is 5.69 Å². The van der Waals surface area contributed by atoms with E-state index in [1.165, 1.54) is 28.9 Å². The number of hydrogen-bond acceptors (Lipinski definition) is 6. The van der Waals surface area contributed by atoms with Crippen molar-refractivity contribution in [2.75, 3.05) is 5.32 Å². The molecular formula is C22H17N3O5. The van der Waals surface area contributed by atoms with E-state index in [4.69, 9.17) is 9.15 Å². The monoisotopic (exact) mass is 403 g/mol. The Labute approximate surface area is 170 Å². The molecule has 3 aromatic heterocycles. The van der Waals surface area contributed by atoms with Gasteiger partial charge in [0, 0.05) is 18.0 Å². The SMILES string of the molecule is Cc1cccn2c(=O)cc(COC(=O)c3ccc(NC(=O)c4ccco4)cc3)nc12. The Morgan fingerprint density at radius 2 is 1.93 bits per heavy atom. The summed E-state index contributed by atoms with van der Waals surface area (Å²) < 4.78 is 11.8. The highest BCUT2D eigenvalue weighted by Crippen LogP contribution is 2.13. The number of rotatable bonds is 5. The van der Waals surface area contributed by atoms with Crippen LogP contribution in [0.1, 0.15) is 32.2 Å². The van der Waals surface area contributed by atoms with Crippen molar-refractivity contribution in [3.05, 3.63) is 100.0 Å². The third-order valence-electron chi connectivity index (χ3n) is 4.41. The first-order chi connectivity index (χ1) is 14.5. The van der Waals surface area contributed by atoms with E-state index in [9.17, 15) is 14.4 Å². The molecule has 0 bridgehead atoms. The van der Waals surface area contributed by atoms with E-state index >= 15 is 0 Å². The van der Waals surface area contributed by atoms with Gasteiger partial charge < -0.3 is 14.5 Å². The minimum absolute atomic E-state index is 0.129. The van der Waals surface area contributed by atoms with Crippen molar-refractivity contribution in [2.45, 2.75) is 13.5 Å². The Hall–Kier alpha value is -4.20. The number of anilines is 1. The van der Waals surface area contributed by atoms with Gasteiger partial charge in [0.15, 0.2) is 5.76 Å². The molecule has 8 heteroatoms. The van der Waals surface area contributed by atoms with Gasteiger partial charge in [0.1, 0.15) is 12.3 Å². The lowest BCUT2D eigenvalue weighted by molar-refractivity contribution is 0.0467. The summed E-state index contributed by atoms with van der Waals surface area (Å²) >= 11 is 0. The second kappa shape index (κ2) is 8.04. The summed E-state index contributed by atoms with van der Waals surface area (Å²) in [6.07, 6.45) is 3.05. The highest BCUT2D eigenvalue weighted by atomic mass is 16.5. The van der Waals surface area contributed by atoms with Gasteiger partial charge in [-0.1, -0.05) is 6.07 Å². The molecule has 4 aromatic rings. The average Bonchev–Trinajstić information content (AvgIpc) is 3.28. The molecule has 0 radical (unpaired) electrons. The number of carbonyl (C=O) groups is 2. The largest absolute Gasteiger partial charge is 0.459 e. The fraction of sp³-hybridized carbons (Fsp3) is 0.0909. The second-order valence-electron chi connectivity index (χ2n) is 6.56. The molecule has 150 valence electrons. The Kier molecular flexibility index (Phi) is 5.13. The zero-order chi connectivity index (χ0) is 21.1. The molecule has 1 amide bonds. The minimum Gasteiger partial charge on any atom is -0.459 e. The molecule has 4 rings (SSSR count). The molecule has 30 heavy (non-hydrogen) atoms. The zero-order valence-corrected chi connectivity index (χ0v) is 16.0. The Balaban J connectivity index is 1.42. The highest BCUT2D eigenvalue weighted by molar-refractivity contribution is 6.02. The summed E-state index contributed by atoms with van der Waals surface area (Å²) in [5.74, 6) is -0.766. The smallest absolute Gasteiger partial charge is 0.338 e. The van der Waals surface area contributed by atoms with Crippen molar-refractivity contribution in [2.24, 2.45) is 0 Å². The number of carbonyl (C=O) groups excluding carboxylic acids is 2. The summed E-state index contributed by atoms with van der Waals surface area (Å²) in [7, 11) is 0. The Morgan fingerprint density at radius 1 is 1.13 bits per heavy atom. The molecule has 1 N–H and O–H groups in total. The first-order valence-electron chi connectivity index (χ1n) is 9.11. The zero-order valence-electron chi connectivity index (χ0n) is 16.0. The maximum Gasteiger partial charge on any atom is 0.338 e. The Bertz CT molecular complexity index is 1270. The van der Waals surface area contributed by atoms with Crippen LogP contribution in [0.15, 0.2) is 76.3 Å². The minimum atomic E-state index is -0.564. The number of ether oxygens (including phenoxy) is 1. The summed E-state index contributed by atoms with van der Waals surface area (Å²) in [5.41, 5.74) is 2.30. The van der Waals surface area contributed by atoms with Crippen molar-refractivity contribution in [1.29, 1.82) is 0 Å². The number of hydrogen-bond donors (Lipinski definition) is 1. The number of esters is 1. The van der Waals surface area contributed by atoms with Crippen LogP contribution < -0.4 is 10.9 Å². The number of benzene rings is 1. The molecule has 3 heterocycles. The van der Waals surface area contributed by atoms with E-state index < -0.39 is 5.97 Å². The van der Waals surface area contributed by atoms with Crippen LogP contribution in [0, 0.1) is 6.92 Å². The predicted molar refractivity (Wildman–Crippen MR) is 108 cm³/mol. The van der Waals surface area contributed by atoms with Crippen LogP contribution in [-0.4, -0.2) is 21.3 Å². The first-order valence-corrected chi connectivity index (χ1v) is 9.11. The second-order valence-corrected chi connectivity index (χ2v) is 6.56. The van der Waals surface area contributed by atoms with Gasteiger partial charge in [-0.2, -0.15) is 0 Å². The van der Waals surface area contributed by atoms with Gasteiger partial charge in [-0.05, 0) is 55.0 Å². The molecule has 1 aromatic carbocycles. The van der Waals surface area contributed by atoms with Crippen LogP contribution in [0.2, 0.25) is 0 Å². The fourth-order valence-electron chi connectivity index (χ4n) is 2.90. The van der Waals surface area contributed by atoms with Gasteiger partial charge in [-0.3, -0.25) is 14.0 Å². The van der Waals surface area contributed by atoms with Crippen molar-refractivity contribution in [1.82, 2.24) is 9.38 Å². The van der Waals surface area contributed by atoms with Gasteiger partial charge in [0.25, 0.3) is 11.5 Å². The molecule has 8 nitrogen and oxygen atoms in total. The van der Waals surface area contributed by atoms with Crippen molar-refractivity contribution < 1.29 is 18.7 Å². The normalized spacial score (nSPS) is 10.7. The molecular weight excluding hydrogens is 386 g/mol. The highest BCUT2D eigenvalue weighted by Gasteiger charge is 2.12. The van der Waals surface area contributed by atoms with Gasteiger partial charge in [-0.15, -0.1) is 0 Å². The molecule has 0 aliphatic heterocycles. The number of aryl methyl sites for hydroxylation is 1. The van der Waals surface area contributed by atoms with Crippen molar-refractivity contribution >= 4 is 23.2 Å². The van der Waals surface area contributed by atoms with Gasteiger partial charge in [-0.25, -0.2) is 9.78 Å². The summed E-state index contributed by atoms with van der Waals surface area (Å²) in [5, 5.41) is 2.66. The number of nitrogens with zero attached hydrogens (tertiary/aromatic N) is 2. The molecule has 0 saturated carbocycles. The Morgan fingerprint density at radius 3 is 2.67 bits per heavy atom. The van der Waals surface area contributed by atoms with E-state index in [0.717, 1.165) is 5.56 Å². The van der Waals surface area contributed by atoms with Gasteiger partial charge >= 0.3 is 5.97 Å². The molecule has 0 spiro atoms. The molecule has 0 aliphatic carbocycles. The summed E-state index contributed by atoms with van der Waals surface area (Å²) in [6.45, 7) is 1.72. The number of furan rings is 1. The lowest BCUT2D eigenvalue weighted by atomic mass is 10.2. The fourth-order valence-corrected chi connectivity index (χ4v) is 2.90. The van der Waals surface area contributed by atoms with Crippen LogP contribution in [0.5, 0.6) is 0 Å². The average molecular weight is 403 g/mol. The van der Waals surface area contributed by atoms with E-state index in [1.54, 1.807) is 36.5 Å². The van der Waals surface area contributed by atoms with Crippen LogP contribution >= 0.6 is 0 Å². The quantitative estimate of drug-likeness (QED) is 0.513. The maximum absolute atomic E-state index is 12.3. The standard InChI is InChI=1S/C22H17N3O5/c1-14-4-2-10-25-19(26)12-17(23-20(14)25)13-30-22(28)15-6-8-16(9-7-15)24-21(27)18-5-3-11-29-18/h2-12H,13H2,1H3,(H,24,27). The van der Waals surface area contributed by atoms with E-state index in [0.29, 0.717) is 22.6 Å². The molecule has 0 fully saturated rings. The summed E-state index contributed by atoms with van der Waals surface area (Å²) in [6, 6.07) is 14.4. The predicted octanol–water partition coefficient (Wildman–Crippen LogP) is 3.21. The number of aromatic nitrogens is 2. The number of pyridine rings is 1. The van der Waals surface area contributed by atoms with E-state index in [-0.39, 0.29) is 23.8 Å². The molecule has 0 aliphatic rings. The van der Waals surface area contributed by atoms with Gasteiger partial charge in [0.2, 0.25) is 0 Å². The van der Waals surface area contributed by atoms with E-state index in [1.807, 2.05) is 13.0 Å². The maximum atomic E-state index is 12.3. The van der Waals surface area contributed by atoms with Gasteiger partial charge in [0.05, 0.1) is 17.5 Å². The lowest BCUT2D eigenvalue weighted by Gasteiger charge is -2.08. The van der Waals surface area contributed by atoms with E-state index in [2.05, 4.69) is 10.3 Å².